The summed E-state index contributed by atoms with van der Waals surface area (Å²) in [7, 11) is 1.62. The van der Waals surface area contributed by atoms with Crippen molar-refractivity contribution in [1.82, 2.24) is 0 Å². The number of nitrogens with one attached hydrogen (secondary N) is 1. The third kappa shape index (κ3) is 1.96. The molecule has 4 unspecified atom stereocenters. The Labute approximate surface area is 125 Å². The number of anilines is 1. The van der Waals surface area contributed by atoms with E-state index in [1.54, 1.807) is 7.11 Å². The molecule has 0 radical (unpaired) electrons. The van der Waals surface area contributed by atoms with E-state index >= 15 is 0 Å². The number of nitrogens with two attached hydrogens (primary N) is 1. The Balaban J connectivity index is 1.48. The monoisotopic (exact) mass is 286 g/mol. The highest BCUT2D eigenvalue weighted by molar-refractivity contribution is 5.96. The Bertz CT molecular complexity index is 570. The molecule has 1 aromatic rings. The Morgan fingerprint density at radius 1 is 1.33 bits per heavy atom. The zero-order valence-electron chi connectivity index (χ0n) is 12.3. The van der Waals surface area contributed by atoms with Gasteiger partial charge in [0, 0.05) is 12.5 Å². The molecule has 0 aliphatic heterocycles. The Hall–Kier alpha value is -1.55. The number of amides is 1. The minimum Gasteiger partial charge on any atom is -0.495 e. The van der Waals surface area contributed by atoms with Crippen LogP contribution in [0, 0.1) is 29.6 Å². The van der Waals surface area contributed by atoms with Crippen molar-refractivity contribution in [3.8, 4) is 5.75 Å². The average molecular weight is 286 g/mol. The van der Waals surface area contributed by atoms with Gasteiger partial charge in [-0.15, -0.1) is 0 Å². The lowest BCUT2D eigenvalue weighted by Gasteiger charge is -2.13. The van der Waals surface area contributed by atoms with Crippen LogP contribution in [0.25, 0.3) is 0 Å². The summed E-state index contributed by atoms with van der Waals surface area (Å²) < 4.78 is 5.37. The maximum absolute atomic E-state index is 12.5. The first-order valence-electron chi connectivity index (χ1n) is 7.90. The summed E-state index contributed by atoms with van der Waals surface area (Å²) in [4.78, 5) is 12.5. The Morgan fingerprint density at radius 2 is 2.05 bits per heavy atom. The second-order valence-corrected chi connectivity index (χ2v) is 6.74. The highest BCUT2D eigenvalue weighted by atomic mass is 16.5. The standard InChI is InChI=1S/C17H22N2O2/c1-21-13-6-9(8-18)2-5-12(13)19-17(20)16-14-10-3-4-11(7-10)15(14)16/h2,5-6,10-11,14-16H,3-4,7-8,18H2,1H3,(H,19,20). The Morgan fingerprint density at radius 3 is 2.67 bits per heavy atom. The highest BCUT2D eigenvalue weighted by Crippen LogP contribution is 2.69. The number of carbonyl (C=O) groups is 1. The summed E-state index contributed by atoms with van der Waals surface area (Å²) in [6, 6.07) is 5.73. The lowest BCUT2D eigenvalue weighted by molar-refractivity contribution is -0.118. The third-order valence-corrected chi connectivity index (χ3v) is 5.80. The molecule has 1 aromatic carbocycles. The zero-order chi connectivity index (χ0) is 14.6. The topological polar surface area (TPSA) is 64.3 Å². The second-order valence-electron chi connectivity index (χ2n) is 6.74. The maximum Gasteiger partial charge on any atom is 0.228 e. The van der Waals surface area contributed by atoms with E-state index in [9.17, 15) is 4.79 Å². The molecule has 4 rings (SSSR count). The van der Waals surface area contributed by atoms with Crippen LogP contribution in [0.2, 0.25) is 0 Å². The number of hydrogen-bond acceptors (Lipinski definition) is 3. The molecule has 3 aliphatic carbocycles. The van der Waals surface area contributed by atoms with Crippen molar-refractivity contribution in [2.45, 2.75) is 25.8 Å². The normalized spacial score (nSPS) is 35.4. The van der Waals surface area contributed by atoms with E-state index in [2.05, 4.69) is 5.32 Å². The van der Waals surface area contributed by atoms with Crippen molar-refractivity contribution in [3.05, 3.63) is 23.8 Å². The SMILES string of the molecule is COc1cc(CN)ccc1NC(=O)C1C2C3CCC(C3)C12. The molecule has 3 N–H and O–H groups in total. The van der Waals surface area contributed by atoms with Gasteiger partial charge in [-0.1, -0.05) is 6.07 Å². The predicted molar refractivity (Wildman–Crippen MR) is 80.8 cm³/mol. The molecule has 0 saturated heterocycles. The van der Waals surface area contributed by atoms with Crippen molar-refractivity contribution >= 4 is 11.6 Å². The van der Waals surface area contributed by atoms with Crippen molar-refractivity contribution in [2.24, 2.45) is 35.3 Å². The first kappa shape index (κ1) is 13.1. The van der Waals surface area contributed by atoms with E-state index in [4.69, 9.17) is 10.5 Å². The lowest BCUT2D eigenvalue weighted by Crippen LogP contribution is -2.19. The van der Waals surface area contributed by atoms with Gasteiger partial charge >= 0.3 is 0 Å². The van der Waals surface area contributed by atoms with E-state index in [1.807, 2.05) is 18.2 Å². The molecular formula is C17H22N2O2. The molecule has 4 nitrogen and oxygen atoms in total. The van der Waals surface area contributed by atoms with Crippen LogP contribution in [-0.4, -0.2) is 13.0 Å². The van der Waals surface area contributed by atoms with Gasteiger partial charge in [0.05, 0.1) is 12.8 Å². The molecule has 0 heterocycles. The zero-order valence-corrected chi connectivity index (χ0v) is 12.3. The van der Waals surface area contributed by atoms with Crippen molar-refractivity contribution < 1.29 is 9.53 Å². The number of rotatable bonds is 4. The molecule has 1 amide bonds. The van der Waals surface area contributed by atoms with E-state index < -0.39 is 0 Å². The molecule has 4 heteroatoms. The number of hydrogen-bond donors (Lipinski definition) is 2. The van der Waals surface area contributed by atoms with Crippen LogP contribution in [0.15, 0.2) is 18.2 Å². The quantitative estimate of drug-likeness (QED) is 0.893. The van der Waals surface area contributed by atoms with Gasteiger partial charge in [-0.25, -0.2) is 0 Å². The van der Waals surface area contributed by atoms with Gasteiger partial charge in [0.2, 0.25) is 5.91 Å². The summed E-state index contributed by atoms with van der Waals surface area (Å²) in [6.07, 6.45) is 4.04. The molecule has 0 spiro atoms. The van der Waals surface area contributed by atoms with Gasteiger partial charge in [-0.3, -0.25) is 4.79 Å². The maximum atomic E-state index is 12.5. The summed E-state index contributed by atoms with van der Waals surface area (Å²) in [5.74, 6) is 4.08. The first-order chi connectivity index (χ1) is 10.2. The molecule has 0 aromatic heterocycles. The van der Waals surface area contributed by atoms with Gasteiger partial charge in [0.1, 0.15) is 5.75 Å². The number of fused-ring (bicyclic) bond motifs is 5. The van der Waals surface area contributed by atoms with E-state index in [0.29, 0.717) is 24.1 Å². The number of ether oxygens (including phenoxy) is 1. The van der Waals surface area contributed by atoms with Gasteiger partial charge in [-0.2, -0.15) is 0 Å². The molecule has 3 aliphatic rings. The number of benzene rings is 1. The summed E-state index contributed by atoms with van der Waals surface area (Å²) in [5, 5.41) is 3.07. The van der Waals surface area contributed by atoms with Crippen LogP contribution in [0.5, 0.6) is 5.75 Å². The van der Waals surface area contributed by atoms with Gasteiger partial charge in [-0.05, 0) is 60.6 Å². The number of carbonyl (C=O) groups excluding carboxylic acids is 1. The largest absolute Gasteiger partial charge is 0.495 e. The van der Waals surface area contributed by atoms with E-state index in [1.165, 1.54) is 19.3 Å². The van der Waals surface area contributed by atoms with Crippen LogP contribution < -0.4 is 15.8 Å². The second kappa shape index (κ2) is 4.73. The summed E-state index contributed by atoms with van der Waals surface area (Å²) in [5.41, 5.74) is 7.41. The molecular weight excluding hydrogens is 264 g/mol. The lowest BCUT2D eigenvalue weighted by atomic mass is 10.0. The molecule has 21 heavy (non-hydrogen) atoms. The fraction of sp³-hybridized carbons (Fsp3) is 0.588. The van der Waals surface area contributed by atoms with E-state index in [0.717, 1.165) is 23.1 Å². The Kier molecular flexibility index (Phi) is 2.96. The minimum atomic E-state index is 0.181. The molecule has 3 fully saturated rings. The van der Waals surface area contributed by atoms with Crippen LogP contribution in [0.1, 0.15) is 24.8 Å². The highest BCUT2D eigenvalue weighted by Gasteiger charge is 2.67. The predicted octanol–water partition coefficient (Wildman–Crippen LogP) is 2.38. The molecule has 3 saturated carbocycles. The fourth-order valence-electron chi connectivity index (χ4n) is 4.86. The van der Waals surface area contributed by atoms with Gasteiger partial charge in [0.15, 0.2) is 0 Å². The van der Waals surface area contributed by atoms with Crippen LogP contribution in [-0.2, 0) is 11.3 Å². The smallest absolute Gasteiger partial charge is 0.228 e. The molecule has 2 bridgehead atoms. The number of methoxy groups -OCH3 is 1. The van der Waals surface area contributed by atoms with Crippen LogP contribution >= 0.6 is 0 Å². The molecule has 4 atom stereocenters. The minimum absolute atomic E-state index is 0.181. The van der Waals surface area contributed by atoms with Crippen molar-refractivity contribution in [1.29, 1.82) is 0 Å². The van der Waals surface area contributed by atoms with Crippen molar-refractivity contribution in [3.63, 3.8) is 0 Å². The van der Waals surface area contributed by atoms with E-state index in [-0.39, 0.29) is 11.8 Å². The fourth-order valence-corrected chi connectivity index (χ4v) is 4.86. The van der Waals surface area contributed by atoms with Gasteiger partial charge in [0.25, 0.3) is 0 Å². The first-order valence-corrected chi connectivity index (χ1v) is 7.90. The summed E-state index contributed by atoms with van der Waals surface area (Å²) in [6.45, 7) is 0.473. The molecule has 112 valence electrons. The third-order valence-electron chi connectivity index (χ3n) is 5.80. The van der Waals surface area contributed by atoms with Crippen LogP contribution in [0.4, 0.5) is 5.69 Å². The summed E-state index contributed by atoms with van der Waals surface area (Å²) >= 11 is 0. The van der Waals surface area contributed by atoms with Crippen molar-refractivity contribution in [2.75, 3.05) is 12.4 Å². The average Bonchev–Trinajstić information content (AvgIpc) is 2.96. The van der Waals surface area contributed by atoms with Crippen LogP contribution in [0.3, 0.4) is 0 Å². The van der Waals surface area contributed by atoms with Gasteiger partial charge < -0.3 is 15.8 Å².